The first kappa shape index (κ1) is 11.8. The van der Waals surface area contributed by atoms with Gasteiger partial charge in [-0.2, -0.15) is 0 Å². The Morgan fingerprint density at radius 2 is 1.29 bits per heavy atom. The molecular weight excluding hydrogens is 224 g/mol. The summed E-state index contributed by atoms with van der Waals surface area (Å²) in [6.07, 6.45) is 1.80. The van der Waals surface area contributed by atoms with Crippen molar-refractivity contribution in [1.82, 2.24) is 0 Å². The third-order valence-electron chi connectivity index (χ3n) is 2.85. The normalized spacial score (nSPS) is 11.1. The van der Waals surface area contributed by atoms with E-state index in [0.717, 1.165) is 11.1 Å². The van der Waals surface area contributed by atoms with Crippen molar-refractivity contribution in [2.75, 3.05) is 0 Å². The lowest BCUT2D eigenvalue weighted by atomic mass is 9.86. The highest BCUT2D eigenvalue weighted by Gasteiger charge is 2.29. The first-order valence-corrected chi connectivity index (χ1v) is 5.83. The largest absolute Gasteiger partial charge is 0.402 e. The summed E-state index contributed by atoms with van der Waals surface area (Å²) in [5.41, 5.74) is 1.42. The quantitative estimate of drug-likeness (QED) is 0.586. The predicted molar refractivity (Wildman–Crippen MR) is 70.7 cm³/mol. The lowest BCUT2D eigenvalue weighted by Gasteiger charge is -2.30. The molecule has 0 aliphatic heterocycles. The number of hydrogen-bond donors (Lipinski definition) is 0. The Hall–Kier alpha value is -1.64. The highest BCUT2D eigenvalue weighted by Crippen LogP contribution is 2.33. The minimum atomic E-state index is -0.653. The van der Waals surface area contributed by atoms with Gasteiger partial charge in [0, 0.05) is 0 Å². The number of hydrogen-bond acceptors (Lipinski definition) is 1. The van der Waals surface area contributed by atoms with Crippen LogP contribution in [0.1, 0.15) is 11.1 Å². The highest BCUT2D eigenvalue weighted by molar-refractivity contribution is 5.98. The molecule has 0 amide bonds. The smallest absolute Gasteiger partial charge is 0.248 e. The minimum absolute atomic E-state index is 0.653. The maximum atomic E-state index is 5.55. The fourth-order valence-electron chi connectivity index (χ4n) is 1.93. The molecule has 0 bridgehead atoms. The summed E-state index contributed by atoms with van der Waals surface area (Å²) in [5.74, 6) is 0. The van der Waals surface area contributed by atoms with Crippen LogP contribution in [0.4, 0.5) is 0 Å². The lowest BCUT2D eigenvalue weighted by molar-refractivity contribution is 0.183. The molecule has 83 valence electrons. The zero-order valence-electron chi connectivity index (χ0n) is 9.47. The fraction of sp³-hybridized carbons (Fsp3) is 0.0667. The Morgan fingerprint density at radius 1 is 0.882 bits per heavy atom. The molecule has 0 aliphatic carbocycles. The summed E-state index contributed by atoms with van der Waals surface area (Å²) in [5, 5.41) is 0. The second-order valence-corrected chi connectivity index (χ2v) is 3.98. The van der Waals surface area contributed by atoms with Crippen LogP contribution in [0.25, 0.3) is 0 Å². The average molecular weight is 237 g/mol. The van der Waals surface area contributed by atoms with Crippen molar-refractivity contribution >= 4 is 10.5 Å². The maximum absolute atomic E-state index is 5.55. The van der Waals surface area contributed by atoms with Gasteiger partial charge in [-0.15, -0.1) is 0 Å². The van der Waals surface area contributed by atoms with Crippen LogP contribution in [-0.4, -0.2) is 10.5 Å². The molecule has 0 saturated heterocycles. The Bertz CT molecular complexity index is 439. The van der Waals surface area contributed by atoms with Gasteiger partial charge in [0.05, 0.1) is 0 Å². The van der Waals surface area contributed by atoms with E-state index in [1.54, 1.807) is 6.08 Å². The van der Waals surface area contributed by atoms with Crippen molar-refractivity contribution in [2.45, 2.75) is 5.60 Å². The van der Waals surface area contributed by atoms with Crippen molar-refractivity contribution in [3.8, 4) is 0 Å². The van der Waals surface area contributed by atoms with Gasteiger partial charge < -0.3 is 4.43 Å². The van der Waals surface area contributed by atoms with Crippen molar-refractivity contribution < 1.29 is 4.43 Å². The molecule has 0 unspecified atom stereocenters. The van der Waals surface area contributed by atoms with E-state index in [9.17, 15) is 0 Å². The number of benzene rings is 2. The third kappa shape index (κ3) is 2.09. The van der Waals surface area contributed by atoms with Gasteiger partial charge in [0.25, 0.3) is 0 Å². The van der Waals surface area contributed by atoms with Crippen molar-refractivity contribution in [3.05, 3.63) is 84.4 Å². The summed E-state index contributed by atoms with van der Waals surface area (Å²) < 4.78 is 5.55. The molecule has 3 radical (unpaired) electrons. The van der Waals surface area contributed by atoms with E-state index in [-0.39, 0.29) is 0 Å². The molecule has 2 aromatic carbocycles. The molecule has 2 aromatic rings. The molecule has 0 saturated carbocycles. The topological polar surface area (TPSA) is 9.23 Å². The van der Waals surface area contributed by atoms with Crippen LogP contribution in [0.3, 0.4) is 0 Å². The number of rotatable bonds is 4. The van der Waals surface area contributed by atoms with E-state index >= 15 is 0 Å². The maximum Gasteiger partial charge on any atom is 0.248 e. The average Bonchev–Trinajstić information content (AvgIpc) is 2.43. The van der Waals surface area contributed by atoms with Gasteiger partial charge in [0.2, 0.25) is 10.5 Å². The van der Waals surface area contributed by atoms with Crippen molar-refractivity contribution in [1.29, 1.82) is 0 Å². The van der Waals surface area contributed by atoms with Crippen LogP contribution in [-0.2, 0) is 10.0 Å². The Morgan fingerprint density at radius 3 is 1.59 bits per heavy atom. The Kier molecular flexibility index (Phi) is 3.57. The monoisotopic (exact) mass is 237 g/mol. The molecule has 2 heteroatoms. The SMILES string of the molecule is C=CC(O[Si])(c1ccccc1)c1ccccc1. The van der Waals surface area contributed by atoms with E-state index in [1.807, 2.05) is 60.7 Å². The van der Waals surface area contributed by atoms with Crippen molar-refractivity contribution in [2.24, 2.45) is 0 Å². The molecule has 0 fully saturated rings. The molecule has 0 atom stereocenters. The van der Waals surface area contributed by atoms with Crippen LogP contribution in [0.15, 0.2) is 73.3 Å². The van der Waals surface area contributed by atoms with Gasteiger partial charge in [0.1, 0.15) is 5.60 Å². The molecule has 17 heavy (non-hydrogen) atoms. The van der Waals surface area contributed by atoms with Crippen LogP contribution in [0.5, 0.6) is 0 Å². The Labute approximate surface area is 105 Å². The van der Waals surface area contributed by atoms with E-state index < -0.39 is 5.60 Å². The second-order valence-electron chi connectivity index (χ2n) is 3.77. The zero-order chi connectivity index (χ0) is 12.1. The lowest BCUT2D eigenvalue weighted by Crippen LogP contribution is -2.27. The van der Waals surface area contributed by atoms with Gasteiger partial charge in [-0.25, -0.2) is 0 Å². The van der Waals surface area contributed by atoms with E-state index in [4.69, 9.17) is 4.43 Å². The van der Waals surface area contributed by atoms with Crippen molar-refractivity contribution in [3.63, 3.8) is 0 Å². The van der Waals surface area contributed by atoms with Gasteiger partial charge in [-0.3, -0.25) is 0 Å². The molecule has 0 heterocycles. The summed E-state index contributed by atoms with van der Waals surface area (Å²) in [7, 11) is 3.19. The van der Waals surface area contributed by atoms with Crippen LogP contribution >= 0.6 is 0 Å². The minimum Gasteiger partial charge on any atom is -0.402 e. The molecular formula is C15H13OSi. The highest BCUT2D eigenvalue weighted by atomic mass is 28.2. The van der Waals surface area contributed by atoms with Gasteiger partial charge in [0.15, 0.2) is 0 Å². The molecule has 1 nitrogen and oxygen atoms in total. The van der Waals surface area contributed by atoms with E-state index in [0.29, 0.717) is 0 Å². The second kappa shape index (κ2) is 5.12. The molecule has 0 spiro atoms. The summed E-state index contributed by atoms with van der Waals surface area (Å²) >= 11 is 0. The fourth-order valence-corrected chi connectivity index (χ4v) is 2.25. The first-order valence-electron chi connectivity index (χ1n) is 5.43. The summed E-state index contributed by atoms with van der Waals surface area (Å²) in [4.78, 5) is 0. The Balaban J connectivity index is 2.58. The summed E-state index contributed by atoms with van der Waals surface area (Å²) in [6.45, 7) is 3.90. The van der Waals surface area contributed by atoms with Crippen LogP contribution in [0.2, 0.25) is 0 Å². The van der Waals surface area contributed by atoms with E-state index in [1.165, 1.54) is 0 Å². The molecule has 2 rings (SSSR count). The molecule has 0 aromatic heterocycles. The molecule has 0 N–H and O–H groups in total. The van der Waals surface area contributed by atoms with Crippen LogP contribution in [0, 0.1) is 0 Å². The first-order chi connectivity index (χ1) is 8.33. The van der Waals surface area contributed by atoms with Gasteiger partial charge >= 0.3 is 0 Å². The van der Waals surface area contributed by atoms with E-state index in [2.05, 4.69) is 17.1 Å². The van der Waals surface area contributed by atoms with Crippen LogP contribution < -0.4 is 0 Å². The summed E-state index contributed by atoms with van der Waals surface area (Å²) in [6, 6.07) is 20.0. The van der Waals surface area contributed by atoms with Gasteiger partial charge in [-0.1, -0.05) is 73.3 Å². The standard InChI is InChI=1S/C15H13OSi/c1-2-15(16-17,13-9-5-3-6-10-13)14-11-7-4-8-12-14/h2-12H,1H2. The van der Waals surface area contributed by atoms with Gasteiger partial charge in [-0.05, 0) is 11.1 Å². The zero-order valence-corrected chi connectivity index (χ0v) is 10.5. The predicted octanol–water partition coefficient (Wildman–Crippen LogP) is 3.22. The molecule has 0 aliphatic rings. The third-order valence-corrected chi connectivity index (χ3v) is 3.18.